The summed E-state index contributed by atoms with van der Waals surface area (Å²) in [6.45, 7) is 4.61. The Labute approximate surface area is 102 Å². The lowest BCUT2D eigenvalue weighted by Crippen LogP contribution is -2.54. The molecule has 0 amide bonds. The largest absolute Gasteiger partial charge is 0.303 e. The average molecular weight is 226 g/mol. The molecular weight excluding hydrogens is 208 g/mol. The number of benzene rings is 1. The van der Waals surface area contributed by atoms with Gasteiger partial charge >= 0.3 is 0 Å². The zero-order chi connectivity index (χ0) is 12.0. The maximum Gasteiger partial charge on any atom is 0.0706 e. The summed E-state index contributed by atoms with van der Waals surface area (Å²) in [4.78, 5) is 0. The SMILES string of the molecule is CC1(C)c2ccccc2N(N)C2C=CC=CC21. The Bertz CT molecular complexity index is 499. The summed E-state index contributed by atoms with van der Waals surface area (Å²) in [5.74, 6) is 6.71. The molecule has 0 bridgehead atoms. The number of fused-ring (bicyclic) bond motifs is 2. The van der Waals surface area contributed by atoms with Crippen LogP contribution in [0.25, 0.3) is 0 Å². The first kappa shape index (κ1) is 10.6. The fourth-order valence-electron chi connectivity index (χ4n) is 3.11. The lowest BCUT2D eigenvalue weighted by Gasteiger charge is -2.48. The van der Waals surface area contributed by atoms with Gasteiger partial charge in [-0.2, -0.15) is 0 Å². The summed E-state index contributed by atoms with van der Waals surface area (Å²) in [6.07, 6.45) is 8.69. The zero-order valence-electron chi connectivity index (χ0n) is 10.3. The minimum absolute atomic E-state index is 0.123. The molecule has 1 aromatic rings. The Hall–Kier alpha value is -1.54. The number of hydrazine groups is 1. The van der Waals surface area contributed by atoms with E-state index in [1.54, 1.807) is 0 Å². The molecule has 2 aliphatic rings. The highest BCUT2D eigenvalue weighted by molar-refractivity contribution is 5.61. The van der Waals surface area contributed by atoms with E-state index in [0.29, 0.717) is 5.92 Å². The van der Waals surface area contributed by atoms with E-state index < -0.39 is 0 Å². The van der Waals surface area contributed by atoms with Gasteiger partial charge in [0.2, 0.25) is 0 Å². The number of anilines is 1. The summed E-state index contributed by atoms with van der Waals surface area (Å²) in [5.41, 5.74) is 2.61. The molecule has 0 spiro atoms. The summed E-state index contributed by atoms with van der Waals surface area (Å²) < 4.78 is 0. The number of rotatable bonds is 0. The summed E-state index contributed by atoms with van der Waals surface area (Å²) in [5, 5.41) is 1.91. The van der Waals surface area contributed by atoms with Gasteiger partial charge in [0.05, 0.1) is 11.7 Å². The fraction of sp³-hybridized carbons (Fsp3) is 0.333. The Morgan fingerprint density at radius 3 is 2.65 bits per heavy atom. The van der Waals surface area contributed by atoms with E-state index in [4.69, 9.17) is 5.84 Å². The number of nitrogens with two attached hydrogens (primary N) is 1. The van der Waals surface area contributed by atoms with Crippen molar-refractivity contribution in [2.24, 2.45) is 11.8 Å². The first-order chi connectivity index (χ1) is 8.12. The standard InChI is InChI=1S/C15H18N2/c1-15(2)11-7-3-5-9-13(11)17(16)14-10-6-4-8-12(14)15/h3-11,13H,16H2,1-2H3. The van der Waals surface area contributed by atoms with E-state index in [1.165, 1.54) is 5.56 Å². The van der Waals surface area contributed by atoms with Crippen LogP contribution in [0.5, 0.6) is 0 Å². The van der Waals surface area contributed by atoms with Gasteiger partial charge < -0.3 is 5.01 Å². The average Bonchev–Trinajstić information content (AvgIpc) is 2.37. The van der Waals surface area contributed by atoms with Crippen LogP contribution in [0, 0.1) is 5.92 Å². The molecule has 0 radical (unpaired) electrons. The molecule has 1 aliphatic heterocycles. The van der Waals surface area contributed by atoms with Crippen LogP contribution in [-0.4, -0.2) is 6.04 Å². The Kier molecular flexibility index (Phi) is 2.17. The highest BCUT2D eigenvalue weighted by Crippen LogP contribution is 2.46. The highest BCUT2D eigenvalue weighted by atomic mass is 15.4. The summed E-state index contributed by atoms with van der Waals surface area (Å²) in [6, 6.07) is 8.72. The van der Waals surface area contributed by atoms with Crippen molar-refractivity contribution >= 4 is 5.69 Å². The molecular formula is C15H18N2. The molecule has 1 aromatic carbocycles. The molecule has 2 heteroatoms. The smallest absolute Gasteiger partial charge is 0.0706 e. The van der Waals surface area contributed by atoms with E-state index in [1.807, 2.05) is 5.01 Å². The van der Waals surface area contributed by atoms with Gasteiger partial charge in [-0.15, -0.1) is 0 Å². The van der Waals surface area contributed by atoms with Crippen molar-refractivity contribution in [1.82, 2.24) is 0 Å². The third-order valence-electron chi connectivity index (χ3n) is 4.14. The number of hydrogen-bond donors (Lipinski definition) is 1. The minimum atomic E-state index is 0.123. The molecule has 2 unspecified atom stereocenters. The van der Waals surface area contributed by atoms with Crippen molar-refractivity contribution in [3.63, 3.8) is 0 Å². The van der Waals surface area contributed by atoms with E-state index in [0.717, 1.165) is 5.69 Å². The lowest BCUT2D eigenvalue weighted by molar-refractivity contribution is 0.321. The van der Waals surface area contributed by atoms with Crippen LogP contribution in [0.4, 0.5) is 5.69 Å². The van der Waals surface area contributed by atoms with Gasteiger partial charge in [0.15, 0.2) is 0 Å². The lowest BCUT2D eigenvalue weighted by atomic mass is 9.66. The topological polar surface area (TPSA) is 29.3 Å². The summed E-state index contributed by atoms with van der Waals surface area (Å²) in [7, 11) is 0. The molecule has 0 saturated carbocycles. The molecule has 0 fully saturated rings. The molecule has 3 rings (SSSR count). The van der Waals surface area contributed by atoms with Crippen molar-refractivity contribution < 1.29 is 0 Å². The number of allylic oxidation sites excluding steroid dienone is 2. The molecule has 1 aliphatic carbocycles. The van der Waals surface area contributed by atoms with Crippen molar-refractivity contribution in [3.05, 3.63) is 54.1 Å². The van der Waals surface area contributed by atoms with Crippen LogP contribution in [0.3, 0.4) is 0 Å². The van der Waals surface area contributed by atoms with Gasteiger partial charge in [0.25, 0.3) is 0 Å². The minimum Gasteiger partial charge on any atom is -0.303 e. The Morgan fingerprint density at radius 1 is 1.12 bits per heavy atom. The van der Waals surface area contributed by atoms with Crippen LogP contribution in [-0.2, 0) is 5.41 Å². The Morgan fingerprint density at radius 2 is 1.82 bits per heavy atom. The van der Waals surface area contributed by atoms with Crippen LogP contribution in [0.1, 0.15) is 19.4 Å². The normalized spacial score (nSPS) is 28.8. The highest BCUT2D eigenvalue weighted by Gasteiger charge is 2.43. The van der Waals surface area contributed by atoms with Crippen LogP contribution in [0.15, 0.2) is 48.6 Å². The van der Waals surface area contributed by atoms with Gasteiger partial charge in [-0.1, -0.05) is 56.4 Å². The molecule has 2 nitrogen and oxygen atoms in total. The quantitative estimate of drug-likeness (QED) is 0.689. The van der Waals surface area contributed by atoms with E-state index in [2.05, 4.69) is 62.4 Å². The first-order valence-corrected chi connectivity index (χ1v) is 6.11. The predicted octanol–water partition coefficient (Wildman–Crippen LogP) is 2.77. The maximum atomic E-state index is 6.27. The van der Waals surface area contributed by atoms with Crippen LogP contribution in [0.2, 0.25) is 0 Å². The second-order valence-corrected chi connectivity index (χ2v) is 5.43. The van der Waals surface area contributed by atoms with E-state index in [-0.39, 0.29) is 11.5 Å². The molecule has 0 saturated heterocycles. The number of nitrogens with zero attached hydrogens (tertiary/aromatic N) is 1. The van der Waals surface area contributed by atoms with Crippen molar-refractivity contribution in [2.75, 3.05) is 5.01 Å². The maximum absolute atomic E-state index is 6.27. The second-order valence-electron chi connectivity index (χ2n) is 5.43. The molecule has 2 N–H and O–H groups in total. The molecule has 1 heterocycles. The van der Waals surface area contributed by atoms with Gasteiger partial charge in [-0.05, 0) is 11.6 Å². The van der Waals surface area contributed by atoms with Crippen LogP contribution >= 0.6 is 0 Å². The monoisotopic (exact) mass is 226 g/mol. The molecule has 17 heavy (non-hydrogen) atoms. The first-order valence-electron chi connectivity index (χ1n) is 6.11. The van der Waals surface area contributed by atoms with Gasteiger partial charge in [0, 0.05) is 11.3 Å². The second kappa shape index (κ2) is 3.47. The molecule has 0 aromatic heterocycles. The van der Waals surface area contributed by atoms with Gasteiger partial charge in [0.1, 0.15) is 0 Å². The van der Waals surface area contributed by atoms with Crippen LogP contribution < -0.4 is 10.9 Å². The zero-order valence-corrected chi connectivity index (χ0v) is 10.3. The Balaban J connectivity index is 2.21. The molecule has 88 valence electrons. The number of para-hydroxylation sites is 1. The summed E-state index contributed by atoms with van der Waals surface area (Å²) >= 11 is 0. The fourth-order valence-corrected chi connectivity index (χ4v) is 3.11. The van der Waals surface area contributed by atoms with Gasteiger partial charge in [-0.25, -0.2) is 5.84 Å². The van der Waals surface area contributed by atoms with E-state index in [9.17, 15) is 0 Å². The predicted molar refractivity (Wildman–Crippen MR) is 71.7 cm³/mol. The third kappa shape index (κ3) is 1.37. The van der Waals surface area contributed by atoms with Crippen molar-refractivity contribution in [1.29, 1.82) is 0 Å². The molecule has 2 atom stereocenters. The van der Waals surface area contributed by atoms with Crippen molar-refractivity contribution in [3.8, 4) is 0 Å². The van der Waals surface area contributed by atoms with Gasteiger partial charge in [-0.3, -0.25) is 0 Å². The third-order valence-corrected chi connectivity index (χ3v) is 4.14. The number of hydrogen-bond acceptors (Lipinski definition) is 2. The van der Waals surface area contributed by atoms with E-state index >= 15 is 0 Å². The van der Waals surface area contributed by atoms with Crippen molar-refractivity contribution in [2.45, 2.75) is 25.3 Å².